The molecule has 1 amide bonds. The summed E-state index contributed by atoms with van der Waals surface area (Å²) in [7, 11) is 0. The standard InChI is InChI=1S/C12H26N2O/c1-5-7-8-14(6-2)12(15)11(9-13)10(3)4/h10-11H,5-9,13H2,1-4H3. The van der Waals surface area contributed by atoms with Crippen LogP contribution in [0.15, 0.2) is 0 Å². The molecule has 0 aliphatic carbocycles. The molecule has 2 N–H and O–H groups in total. The molecule has 0 saturated heterocycles. The molecule has 0 spiro atoms. The second-order valence-corrected chi connectivity index (χ2v) is 4.36. The molecule has 0 saturated carbocycles. The van der Waals surface area contributed by atoms with Gasteiger partial charge in [-0.15, -0.1) is 0 Å². The molecule has 15 heavy (non-hydrogen) atoms. The Morgan fingerprint density at radius 3 is 2.27 bits per heavy atom. The van der Waals surface area contributed by atoms with E-state index >= 15 is 0 Å². The van der Waals surface area contributed by atoms with Gasteiger partial charge in [0.25, 0.3) is 0 Å². The summed E-state index contributed by atoms with van der Waals surface area (Å²) in [4.78, 5) is 14.0. The maximum absolute atomic E-state index is 12.1. The van der Waals surface area contributed by atoms with E-state index < -0.39 is 0 Å². The summed E-state index contributed by atoms with van der Waals surface area (Å²) in [6.07, 6.45) is 2.20. The number of rotatable bonds is 7. The van der Waals surface area contributed by atoms with Crippen molar-refractivity contribution < 1.29 is 4.79 Å². The zero-order valence-electron chi connectivity index (χ0n) is 10.6. The van der Waals surface area contributed by atoms with Crippen LogP contribution < -0.4 is 5.73 Å². The number of hydrogen-bond donors (Lipinski definition) is 1. The molecule has 0 aromatic rings. The van der Waals surface area contributed by atoms with Gasteiger partial charge < -0.3 is 10.6 Å². The van der Waals surface area contributed by atoms with E-state index in [0.717, 1.165) is 25.9 Å². The third-order valence-corrected chi connectivity index (χ3v) is 2.85. The zero-order valence-corrected chi connectivity index (χ0v) is 10.6. The highest BCUT2D eigenvalue weighted by molar-refractivity contribution is 5.79. The maximum atomic E-state index is 12.1. The Hall–Kier alpha value is -0.570. The van der Waals surface area contributed by atoms with E-state index in [-0.39, 0.29) is 11.8 Å². The average Bonchev–Trinajstić information content (AvgIpc) is 2.19. The molecule has 3 nitrogen and oxygen atoms in total. The van der Waals surface area contributed by atoms with Gasteiger partial charge in [0.2, 0.25) is 5.91 Å². The highest BCUT2D eigenvalue weighted by atomic mass is 16.2. The van der Waals surface area contributed by atoms with Crippen molar-refractivity contribution in [1.29, 1.82) is 0 Å². The zero-order chi connectivity index (χ0) is 11.8. The molecular weight excluding hydrogens is 188 g/mol. The Balaban J connectivity index is 4.33. The van der Waals surface area contributed by atoms with E-state index in [4.69, 9.17) is 5.73 Å². The van der Waals surface area contributed by atoms with Crippen LogP contribution in [-0.2, 0) is 4.79 Å². The normalized spacial score (nSPS) is 12.9. The molecule has 0 radical (unpaired) electrons. The third kappa shape index (κ3) is 4.65. The first-order valence-corrected chi connectivity index (χ1v) is 6.07. The van der Waals surface area contributed by atoms with E-state index in [1.807, 2.05) is 11.8 Å². The van der Waals surface area contributed by atoms with Gasteiger partial charge in [0, 0.05) is 19.6 Å². The van der Waals surface area contributed by atoms with Crippen LogP contribution >= 0.6 is 0 Å². The van der Waals surface area contributed by atoms with Crippen LogP contribution in [0.2, 0.25) is 0 Å². The van der Waals surface area contributed by atoms with Crippen LogP contribution in [0.25, 0.3) is 0 Å². The van der Waals surface area contributed by atoms with Crippen molar-refractivity contribution in [3.63, 3.8) is 0 Å². The quantitative estimate of drug-likeness (QED) is 0.703. The molecule has 0 heterocycles. The lowest BCUT2D eigenvalue weighted by molar-refractivity contribution is -0.136. The van der Waals surface area contributed by atoms with Gasteiger partial charge >= 0.3 is 0 Å². The highest BCUT2D eigenvalue weighted by Crippen LogP contribution is 2.13. The number of unbranched alkanes of at least 4 members (excludes halogenated alkanes) is 1. The minimum Gasteiger partial charge on any atom is -0.343 e. The summed E-state index contributed by atoms with van der Waals surface area (Å²) in [5, 5.41) is 0. The molecule has 3 heteroatoms. The van der Waals surface area contributed by atoms with Crippen molar-refractivity contribution in [2.24, 2.45) is 17.6 Å². The van der Waals surface area contributed by atoms with Gasteiger partial charge in [-0.2, -0.15) is 0 Å². The molecule has 0 bridgehead atoms. The molecule has 0 aromatic heterocycles. The summed E-state index contributed by atoms with van der Waals surface area (Å²) in [6, 6.07) is 0. The molecule has 90 valence electrons. The van der Waals surface area contributed by atoms with Crippen LogP contribution in [0.5, 0.6) is 0 Å². The number of carbonyl (C=O) groups excluding carboxylic acids is 1. The van der Waals surface area contributed by atoms with Gasteiger partial charge in [-0.25, -0.2) is 0 Å². The Labute approximate surface area is 94.0 Å². The topological polar surface area (TPSA) is 46.3 Å². The summed E-state index contributed by atoms with van der Waals surface area (Å²) in [6.45, 7) is 10.4. The van der Waals surface area contributed by atoms with Gasteiger partial charge in [0.1, 0.15) is 0 Å². The number of amides is 1. The number of carbonyl (C=O) groups is 1. The smallest absolute Gasteiger partial charge is 0.227 e. The fourth-order valence-electron chi connectivity index (χ4n) is 1.67. The van der Waals surface area contributed by atoms with E-state index in [2.05, 4.69) is 20.8 Å². The van der Waals surface area contributed by atoms with Crippen LogP contribution in [-0.4, -0.2) is 30.4 Å². The van der Waals surface area contributed by atoms with Gasteiger partial charge in [-0.3, -0.25) is 4.79 Å². The summed E-state index contributed by atoms with van der Waals surface area (Å²) < 4.78 is 0. The summed E-state index contributed by atoms with van der Waals surface area (Å²) in [5.41, 5.74) is 5.65. The summed E-state index contributed by atoms with van der Waals surface area (Å²) in [5.74, 6) is 0.545. The third-order valence-electron chi connectivity index (χ3n) is 2.85. The first-order chi connectivity index (χ1) is 7.08. The second kappa shape index (κ2) is 7.69. The average molecular weight is 214 g/mol. The van der Waals surface area contributed by atoms with Crippen molar-refractivity contribution in [2.45, 2.75) is 40.5 Å². The van der Waals surface area contributed by atoms with Crippen molar-refractivity contribution in [2.75, 3.05) is 19.6 Å². The Bertz CT molecular complexity index is 180. The monoisotopic (exact) mass is 214 g/mol. The van der Waals surface area contributed by atoms with Crippen molar-refractivity contribution >= 4 is 5.91 Å². The fourth-order valence-corrected chi connectivity index (χ4v) is 1.67. The highest BCUT2D eigenvalue weighted by Gasteiger charge is 2.24. The van der Waals surface area contributed by atoms with Crippen molar-refractivity contribution in [1.82, 2.24) is 4.90 Å². The lowest BCUT2D eigenvalue weighted by Crippen LogP contribution is -2.41. The fraction of sp³-hybridized carbons (Fsp3) is 0.917. The molecule has 1 atom stereocenters. The largest absolute Gasteiger partial charge is 0.343 e. The predicted octanol–water partition coefficient (Wildman–Crippen LogP) is 1.87. The van der Waals surface area contributed by atoms with Crippen LogP contribution in [0, 0.1) is 11.8 Å². The van der Waals surface area contributed by atoms with E-state index in [9.17, 15) is 4.79 Å². The Kier molecular flexibility index (Phi) is 7.39. The lowest BCUT2D eigenvalue weighted by atomic mass is 9.94. The molecular formula is C12H26N2O. The SMILES string of the molecule is CCCCN(CC)C(=O)C(CN)C(C)C. The lowest BCUT2D eigenvalue weighted by Gasteiger charge is -2.27. The molecule has 0 aliphatic rings. The number of nitrogens with two attached hydrogens (primary N) is 1. The van der Waals surface area contributed by atoms with E-state index in [1.54, 1.807) is 0 Å². The van der Waals surface area contributed by atoms with Crippen LogP contribution in [0.1, 0.15) is 40.5 Å². The van der Waals surface area contributed by atoms with Gasteiger partial charge in [-0.1, -0.05) is 27.2 Å². The van der Waals surface area contributed by atoms with Crippen LogP contribution in [0.4, 0.5) is 0 Å². The molecule has 0 fully saturated rings. The van der Waals surface area contributed by atoms with Crippen molar-refractivity contribution in [3.8, 4) is 0 Å². The summed E-state index contributed by atoms with van der Waals surface area (Å²) >= 11 is 0. The van der Waals surface area contributed by atoms with Crippen molar-refractivity contribution in [3.05, 3.63) is 0 Å². The van der Waals surface area contributed by atoms with E-state index in [0.29, 0.717) is 12.5 Å². The van der Waals surface area contributed by atoms with Crippen LogP contribution in [0.3, 0.4) is 0 Å². The van der Waals surface area contributed by atoms with Gasteiger partial charge in [0.15, 0.2) is 0 Å². The Morgan fingerprint density at radius 1 is 1.33 bits per heavy atom. The van der Waals surface area contributed by atoms with Gasteiger partial charge in [-0.05, 0) is 19.3 Å². The first-order valence-electron chi connectivity index (χ1n) is 6.07. The number of hydrogen-bond acceptors (Lipinski definition) is 2. The second-order valence-electron chi connectivity index (χ2n) is 4.36. The molecule has 0 rings (SSSR count). The number of nitrogens with zero attached hydrogens (tertiary/aromatic N) is 1. The van der Waals surface area contributed by atoms with Gasteiger partial charge in [0.05, 0.1) is 5.92 Å². The van der Waals surface area contributed by atoms with E-state index in [1.165, 1.54) is 0 Å². The minimum absolute atomic E-state index is 0.0122. The molecule has 1 unspecified atom stereocenters. The molecule has 0 aromatic carbocycles. The predicted molar refractivity (Wildman–Crippen MR) is 64.5 cm³/mol. The first kappa shape index (κ1) is 14.4. The minimum atomic E-state index is -0.0122. The maximum Gasteiger partial charge on any atom is 0.227 e. The Morgan fingerprint density at radius 2 is 1.93 bits per heavy atom. The molecule has 0 aliphatic heterocycles.